The van der Waals surface area contributed by atoms with Crippen molar-refractivity contribution in [2.75, 3.05) is 23.9 Å². The molecule has 2 aromatic rings. The van der Waals surface area contributed by atoms with Gasteiger partial charge in [0, 0.05) is 16.1 Å². The standard InChI is InChI=1S/C24H32Cl2FN3O3S.CH4/c1-5-29(6-2)15-7-8-17(3)28-24(31)18(4)30(23-16-20(26)11-14-22(23)27)34(32,33)21-12-9-19(25)10-13-21;/h9-14,16-18H,5-8,15H2,1-4H3,(H,28,31);1H4/t17?,18-;/m1./s1. The molecule has 1 unspecified atom stereocenters. The fourth-order valence-corrected chi connectivity index (χ4v) is 5.53. The van der Waals surface area contributed by atoms with E-state index in [1.54, 1.807) is 0 Å². The first kappa shape index (κ1) is 31.2. The SMILES string of the molecule is C.CCN(CC)CCCC(C)NC(=O)[C@@H](C)N(c1cc(Cl)ccc1F)S(=O)(=O)c1ccc(Cl)cc1. The molecule has 1 N–H and O–H groups in total. The lowest BCUT2D eigenvalue weighted by Crippen LogP contribution is -2.50. The lowest BCUT2D eigenvalue weighted by molar-refractivity contribution is -0.122. The Balaban J connectivity index is 0.00000612. The molecule has 0 heterocycles. The maximum atomic E-state index is 14.8. The van der Waals surface area contributed by atoms with Crippen LogP contribution in [0.3, 0.4) is 0 Å². The number of sulfonamides is 1. The highest BCUT2D eigenvalue weighted by atomic mass is 35.5. The molecule has 0 bridgehead atoms. The van der Waals surface area contributed by atoms with Crippen LogP contribution < -0.4 is 9.62 Å². The van der Waals surface area contributed by atoms with E-state index in [4.69, 9.17) is 23.2 Å². The van der Waals surface area contributed by atoms with E-state index in [9.17, 15) is 17.6 Å². The van der Waals surface area contributed by atoms with Crippen molar-refractivity contribution in [3.8, 4) is 0 Å². The van der Waals surface area contributed by atoms with Gasteiger partial charge in [-0.15, -0.1) is 0 Å². The van der Waals surface area contributed by atoms with Crippen LogP contribution in [0, 0.1) is 5.82 Å². The van der Waals surface area contributed by atoms with Crippen LogP contribution in [-0.4, -0.2) is 50.9 Å². The van der Waals surface area contributed by atoms with E-state index in [0.29, 0.717) is 5.02 Å². The molecule has 0 aliphatic carbocycles. The van der Waals surface area contributed by atoms with Crippen LogP contribution in [0.15, 0.2) is 47.4 Å². The van der Waals surface area contributed by atoms with Crippen LogP contribution >= 0.6 is 23.2 Å². The number of carbonyl (C=O) groups excluding carboxylic acids is 1. The Morgan fingerprint density at radius 3 is 2.17 bits per heavy atom. The van der Waals surface area contributed by atoms with Gasteiger partial charge >= 0.3 is 0 Å². The minimum absolute atomic E-state index is 0. The highest BCUT2D eigenvalue weighted by Gasteiger charge is 2.35. The highest BCUT2D eigenvalue weighted by Crippen LogP contribution is 2.31. The van der Waals surface area contributed by atoms with Gasteiger partial charge in [-0.2, -0.15) is 0 Å². The lowest BCUT2D eigenvalue weighted by atomic mass is 10.1. The normalized spacial score (nSPS) is 13.1. The van der Waals surface area contributed by atoms with Crippen LogP contribution in [0.1, 0.15) is 48.0 Å². The molecule has 0 aliphatic rings. The van der Waals surface area contributed by atoms with Gasteiger partial charge in [-0.05, 0) is 88.8 Å². The molecule has 6 nitrogen and oxygen atoms in total. The summed E-state index contributed by atoms with van der Waals surface area (Å²) in [6.45, 7) is 10.3. The van der Waals surface area contributed by atoms with Crippen molar-refractivity contribution in [1.82, 2.24) is 10.2 Å². The molecule has 35 heavy (non-hydrogen) atoms. The first-order valence-corrected chi connectivity index (χ1v) is 13.5. The van der Waals surface area contributed by atoms with E-state index in [0.717, 1.165) is 42.8 Å². The third kappa shape index (κ3) is 8.34. The van der Waals surface area contributed by atoms with Crippen LogP contribution in [0.4, 0.5) is 10.1 Å². The summed E-state index contributed by atoms with van der Waals surface area (Å²) in [5.41, 5.74) is -0.306. The molecule has 2 rings (SSSR count). The Morgan fingerprint density at radius 1 is 1.03 bits per heavy atom. The molecule has 0 saturated carbocycles. The molecule has 0 saturated heterocycles. The fraction of sp³-hybridized carbons (Fsp3) is 0.480. The van der Waals surface area contributed by atoms with Crippen LogP contribution in [-0.2, 0) is 14.8 Å². The number of nitrogens with zero attached hydrogens (tertiary/aromatic N) is 2. The topological polar surface area (TPSA) is 69.7 Å². The van der Waals surface area contributed by atoms with Gasteiger partial charge in [-0.3, -0.25) is 9.10 Å². The number of carbonyl (C=O) groups is 1. The van der Waals surface area contributed by atoms with Crippen molar-refractivity contribution >= 4 is 44.8 Å². The number of hydrogen-bond acceptors (Lipinski definition) is 4. The summed E-state index contributed by atoms with van der Waals surface area (Å²) in [6.07, 6.45) is 1.61. The first-order chi connectivity index (χ1) is 16.0. The second-order valence-electron chi connectivity index (χ2n) is 8.11. The van der Waals surface area contributed by atoms with Crippen molar-refractivity contribution in [1.29, 1.82) is 0 Å². The van der Waals surface area contributed by atoms with Crippen molar-refractivity contribution in [3.05, 3.63) is 58.3 Å². The Morgan fingerprint density at radius 2 is 1.60 bits per heavy atom. The second-order valence-corrected chi connectivity index (χ2v) is 10.8. The van der Waals surface area contributed by atoms with E-state index in [1.807, 2.05) is 6.92 Å². The van der Waals surface area contributed by atoms with E-state index in [-0.39, 0.29) is 29.1 Å². The zero-order valence-corrected chi connectivity index (χ0v) is 22.2. The van der Waals surface area contributed by atoms with Crippen LogP contribution in [0.25, 0.3) is 0 Å². The van der Waals surface area contributed by atoms with Gasteiger partial charge in [0.15, 0.2) is 0 Å². The molecule has 2 aromatic carbocycles. The molecule has 0 aromatic heterocycles. The van der Waals surface area contributed by atoms with Crippen molar-refractivity contribution < 1.29 is 17.6 Å². The van der Waals surface area contributed by atoms with E-state index < -0.39 is 27.8 Å². The van der Waals surface area contributed by atoms with Gasteiger partial charge in [-0.1, -0.05) is 44.5 Å². The van der Waals surface area contributed by atoms with Gasteiger partial charge in [0.1, 0.15) is 11.9 Å². The van der Waals surface area contributed by atoms with E-state index in [1.165, 1.54) is 43.3 Å². The number of rotatable bonds is 12. The third-order valence-electron chi connectivity index (χ3n) is 5.64. The van der Waals surface area contributed by atoms with Crippen LogP contribution in [0.2, 0.25) is 10.0 Å². The molecule has 0 spiro atoms. The van der Waals surface area contributed by atoms with Crippen molar-refractivity contribution in [3.63, 3.8) is 0 Å². The molecule has 2 atom stereocenters. The summed E-state index contributed by atoms with van der Waals surface area (Å²) in [5, 5.41) is 3.36. The molecular weight excluding hydrogens is 512 g/mol. The first-order valence-electron chi connectivity index (χ1n) is 11.3. The number of anilines is 1. The molecule has 196 valence electrons. The average molecular weight is 549 g/mol. The van der Waals surface area contributed by atoms with Crippen molar-refractivity contribution in [2.45, 2.75) is 64.9 Å². The van der Waals surface area contributed by atoms with Gasteiger partial charge in [-0.25, -0.2) is 12.8 Å². The second kappa shape index (κ2) is 14.0. The third-order valence-corrected chi connectivity index (χ3v) is 8.03. The molecule has 0 fully saturated rings. The number of halogens is 3. The van der Waals surface area contributed by atoms with Gasteiger partial charge in [0.05, 0.1) is 10.6 Å². The van der Waals surface area contributed by atoms with E-state index >= 15 is 0 Å². The zero-order valence-electron chi connectivity index (χ0n) is 19.9. The smallest absolute Gasteiger partial charge is 0.265 e. The zero-order chi connectivity index (χ0) is 25.5. The quantitative estimate of drug-likeness (QED) is 0.354. The highest BCUT2D eigenvalue weighted by molar-refractivity contribution is 7.93. The largest absolute Gasteiger partial charge is 0.352 e. The Hall–Kier alpha value is -1.87. The summed E-state index contributed by atoms with van der Waals surface area (Å²) < 4.78 is 42.7. The fourth-order valence-electron chi connectivity index (χ4n) is 3.62. The number of amides is 1. The summed E-state index contributed by atoms with van der Waals surface area (Å²) in [7, 11) is -4.32. The van der Waals surface area contributed by atoms with Crippen molar-refractivity contribution in [2.24, 2.45) is 0 Å². The minimum Gasteiger partial charge on any atom is -0.352 e. The van der Waals surface area contributed by atoms with Gasteiger partial charge in [0.25, 0.3) is 10.0 Å². The Kier molecular flexibility index (Phi) is 12.5. The van der Waals surface area contributed by atoms with E-state index in [2.05, 4.69) is 24.1 Å². The summed E-state index contributed by atoms with van der Waals surface area (Å²) in [4.78, 5) is 15.3. The molecule has 10 heteroatoms. The Labute approximate surface area is 219 Å². The summed E-state index contributed by atoms with van der Waals surface area (Å²) >= 11 is 11.9. The monoisotopic (exact) mass is 547 g/mol. The lowest BCUT2D eigenvalue weighted by Gasteiger charge is -2.31. The molecule has 0 radical (unpaired) electrons. The van der Waals surface area contributed by atoms with Gasteiger partial charge < -0.3 is 10.2 Å². The predicted molar refractivity (Wildman–Crippen MR) is 143 cm³/mol. The maximum absolute atomic E-state index is 14.8. The minimum atomic E-state index is -4.32. The summed E-state index contributed by atoms with van der Waals surface area (Å²) in [5.74, 6) is -1.35. The maximum Gasteiger partial charge on any atom is 0.265 e. The molecular formula is C25H36Cl2FN3O3S. The molecule has 1 amide bonds. The number of nitrogens with one attached hydrogen (secondary N) is 1. The van der Waals surface area contributed by atoms with Crippen LogP contribution in [0.5, 0.6) is 0 Å². The van der Waals surface area contributed by atoms with Gasteiger partial charge in [0.2, 0.25) is 5.91 Å². The Bertz CT molecular complexity index is 1060. The summed E-state index contributed by atoms with van der Waals surface area (Å²) in [6, 6.07) is 7.63. The molecule has 0 aliphatic heterocycles. The predicted octanol–water partition coefficient (Wildman–Crippen LogP) is 5.98. The number of hydrogen-bond donors (Lipinski definition) is 1. The number of benzene rings is 2. The average Bonchev–Trinajstić information content (AvgIpc) is 2.79.